The monoisotopic (exact) mass is 364 g/mol. The van der Waals surface area contributed by atoms with E-state index in [1.807, 2.05) is 0 Å². The van der Waals surface area contributed by atoms with Crippen LogP contribution in [0.1, 0.15) is 24.0 Å². The van der Waals surface area contributed by atoms with Crippen LogP contribution in [0.5, 0.6) is 0 Å². The molecule has 0 unspecified atom stereocenters. The van der Waals surface area contributed by atoms with Crippen molar-refractivity contribution < 1.29 is 0 Å². The zero-order valence-corrected chi connectivity index (χ0v) is 15.2. The second-order valence-corrected chi connectivity index (χ2v) is 7.58. The van der Waals surface area contributed by atoms with E-state index in [-0.39, 0.29) is 5.95 Å². The minimum absolute atomic E-state index is 0.220. The molecule has 5 N–H and O–H groups in total. The number of nitrogen functional groups attached to an aromatic ring is 2. The highest BCUT2D eigenvalue weighted by atomic mass is 15.3. The van der Waals surface area contributed by atoms with Gasteiger partial charge in [0.05, 0.1) is 11.1 Å². The van der Waals surface area contributed by atoms with Gasteiger partial charge in [0.15, 0.2) is 11.5 Å². The highest BCUT2D eigenvalue weighted by Gasteiger charge is 2.24. The van der Waals surface area contributed by atoms with E-state index in [9.17, 15) is 0 Å². The summed E-state index contributed by atoms with van der Waals surface area (Å²) < 4.78 is 1.76. The first kappa shape index (κ1) is 16.5. The maximum atomic E-state index is 6.04. The second-order valence-electron chi connectivity index (χ2n) is 7.58. The van der Waals surface area contributed by atoms with E-state index in [0.29, 0.717) is 11.5 Å². The van der Waals surface area contributed by atoms with Gasteiger partial charge in [-0.1, -0.05) is 6.07 Å². The van der Waals surface area contributed by atoms with Crippen LogP contribution in [0.15, 0.2) is 24.4 Å². The molecular weight excluding hydrogens is 340 g/mol. The number of nitrogens with two attached hydrogens (primary N) is 2. The fourth-order valence-corrected chi connectivity index (χ4v) is 4.26. The zero-order valence-electron chi connectivity index (χ0n) is 15.2. The van der Waals surface area contributed by atoms with Crippen molar-refractivity contribution in [2.24, 2.45) is 5.92 Å². The normalized spacial score (nSPS) is 18.2. The van der Waals surface area contributed by atoms with Crippen molar-refractivity contribution in [2.45, 2.75) is 25.9 Å². The van der Waals surface area contributed by atoms with Crippen LogP contribution in [0.4, 0.5) is 11.8 Å². The summed E-state index contributed by atoms with van der Waals surface area (Å²) in [5, 5.41) is 8.62. The topological polar surface area (TPSA) is 111 Å². The number of nitrogens with one attached hydrogen (secondary N) is 1. The van der Waals surface area contributed by atoms with Crippen LogP contribution in [0, 0.1) is 5.92 Å². The molecule has 2 aliphatic heterocycles. The molecule has 8 heteroatoms. The summed E-state index contributed by atoms with van der Waals surface area (Å²) >= 11 is 0. The molecule has 0 atom stereocenters. The van der Waals surface area contributed by atoms with Crippen LogP contribution in [-0.4, -0.2) is 44.3 Å². The molecule has 27 heavy (non-hydrogen) atoms. The van der Waals surface area contributed by atoms with Crippen LogP contribution in [0.25, 0.3) is 16.7 Å². The Morgan fingerprint density at radius 1 is 1.11 bits per heavy atom. The Kier molecular flexibility index (Phi) is 3.95. The van der Waals surface area contributed by atoms with Gasteiger partial charge in [0.2, 0.25) is 5.95 Å². The first-order chi connectivity index (χ1) is 13.2. The van der Waals surface area contributed by atoms with Gasteiger partial charge in [-0.05, 0) is 55.1 Å². The van der Waals surface area contributed by atoms with Crippen LogP contribution in [0.3, 0.4) is 0 Å². The van der Waals surface area contributed by atoms with Gasteiger partial charge in [-0.25, -0.2) is 9.67 Å². The Bertz CT molecular complexity index is 989. The second kappa shape index (κ2) is 6.47. The largest absolute Gasteiger partial charge is 0.382 e. The summed E-state index contributed by atoms with van der Waals surface area (Å²) in [4.78, 5) is 10.9. The predicted molar refractivity (Wildman–Crippen MR) is 105 cm³/mol. The van der Waals surface area contributed by atoms with Crippen LogP contribution in [0.2, 0.25) is 0 Å². The van der Waals surface area contributed by atoms with E-state index < -0.39 is 0 Å². The molecule has 0 spiro atoms. The van der Waals surface area contributed by atoms with Gasteiger partial charge in [0.25, 0.3) is 0 Å². The highest BCUT2D eigenvalue weighted by molar-refractivity contribution is 5.87. The van der Waals surface area contributed by atoms with Crippen molar-refractivity contribution in [3.8, 4) is 5.69 Å². The maximum absolute atomic E-state index is 6.04. The molecular formula is C19H24N8. The van der Waals surface area contributed by atoms with Crippen molar-refractivity contribution in [3.05, 3.63) is 35.5 Å². The third-order valence-electron chi connectivity index (χ3n) is 5.67. The van der Waals surface area contributed by atoms with Crippen LogP contribution < -0.4 is 16.8 Å². The fourth-order valence-electron chi connectivity index (χ4n) is 4.26. The predicted octanol–water partition coefficient (Wildman–Crippen LogP) is 1.30. The van der Waals surface area contributed by atoms with Crippen molar-refractivity contribution in [1.82, 2.24) is 30.0 Å². The van der Waals surface area contributed by atoms with Crippen molar-refractivity contribution >= 4 is 22.8 Å². The summed E-state index contributed by atoms with van der Waals surface area (Å²) in [5.41, 5.74) is 16.1. The zero-order chi connectivity index (χ0) is 18.4. The van der Waals surface area contributed by atoms with Crippen LogP contribution in [-0.2, 0) is 13.1 Å². The van der Waals surface area contributed by atoms with Crippen molar-refractivity contribution in [1.29, 1.82) is 0 Å². The molecule has 8 nitrogen and oxygen atoms in total. The first-order valence-electron chi connectivity index (χ1n) is 9.49. The number of rotatable bonds is 3. The quantitative estimate of drug-likeness (QED) is 0.642. The van der Waals surface area contributed by atoms with E-state index in [4.69, 9.17) is 11.5 Å². The molecule has 0 amide bonds. The number of benzene rings is 1. The standard InChI is InChI=1S/C19H24N8/c20-17-16-8-23-19(21)24-18(16)27(25-17)15-2-1-13-10-26(11-14(13)7-15)9-12-3-5-22-6-4-12/h1-2,7-8,12,22H,3-6,9-11H2,(H2,20,25)(H2,21,23,24). The van der Waals surface area contributed by atoms with E-state index in [1.165, 1.54) is 30.5 Å². The Balaban J connectivity index is 1.42. The average molecular weight is 364 g/mol. The number of aromatic nitrogens is 4. The van der Waals surface area contributed by atoms with Gasteiger partial charge in [-0.15, -0.1) is 5.10 Å². The van der Waals surface area contributed by atoms with E-state index in [2.05, 4.69) is 43.5 Å². The third kappa shape index (κ3) is 3.00. The molecule has 0 bridgehead atoms. The molecule has 140 valence electrons. The average Bonchev–Trinajstić information content (AvgIpc) is 3.22. The number of anilines is 2. The SMILES string of the molecule is Nc1ncc2c(N)nn(-c3ccc4c(c3)CN(CC3CCNCC3)C4)c2n1. The summed E-state index contributed by atoms with van der Waals surface area (Å²) in [6.45, 7) is 5.48. The summed E-state index contributed by atoms with van der Waals surface area (Å²) in [6, 6.07) is 6.47. The maximum Gasteiger partial charge on any atom is 0.222 e. The lowest BCUT2D eigenvalue weighted by Crippen LogP contribution is -2.34. The minimum atomic E-state index is 0.220. The van der Waals surface area contributed by atoms with Gasteiger partial charge in [-0.3, -0.25) is 4.90 Å². The lowest BCUT2D eigenvalue weighted by molar-refractivity contribution is 0.208. The number of nitrogens with zero attached hydrogens (tertiary/aromatic N) is 5. The molecule has 4 heterocycles. The summed E-state index contributed by atoms with van der Waals surface area (Å²) in [6.07, 6.45) is 4.18. The molecule has 0 radical (unpaired) electrons. The Labute approximate surface area is 157 Å². The lowest BCUT2D eigenvalue weighted by Gasteiger charge is -2.27. The first-order valence-corrected chi connectivity index (χ1v) is 9.49. The fraction of sp³-hybridized carbons (Fsp3) is 0.421. The Hall–Kier alpha value is -2.71. The molecule has 2 aromatic heterocycles. The number of fused-ring (bicyclic) bond motifs is 2. The molecule has 1 aromatic carbocycles. The molecule has 5 rings (SSSR count). The molecule has 1 fully saturated rings. The Morgan fingerprint density at radius 3 is 2.78 bits per heavy atom. The van der Waals surface area contributed by atoms with Gasteiger partial charge in [0.1, 0.15) is 0 Å². The van der Waals surface area contributed by atoms with Gasteiger partial charge in [-0.2, -0.15) is 4.98 Å². The minimum Gasteiger partial charge on any atom is -0.382 e. The molecule has 0 aliphatic carbocycles. The van der Waals surface area contributed by atoms with Gasteiger partial charge >= 0.3 is 0 Å². The molecule has 2 aliphatic rings. The molecule has 0 saturated carbocycles. The highest BCUT2D eigenvalue weighted by Crippen LogP contribution is 2.29. The van der Waals surface area contributed by atoms with Crippen molar-refractivity contribution in [2.75, 3.05) is 31.1 Å². The smallest absolute Gasteiger partial charge is 0.222 e. The van der Waals surface area contributed by atoms with Gasteiger partial charge in [0, 0.05) is 25.8 Å². The summed E-state index contributed by atoms with van der Waals surface area (Å²) in [5.74, 6) is 1.44. The number of hydrogen-bond donors (Lipinski definition) is 3. The van der Waals surface area contributed by atoms with E-state index in [1.54, 1.807) is 10.9 Å². The van der Waals surface area contributed by atoms with Crippen LogP contribution >= 0.6 is 0 Å². The van der Waals surface area contributed by atoms with E-state index in [0.717, 1.165) is 43.2 Å². The van der Waals surface area contributed by atoms with Crippen molar-refractivity contribution in [3.63, 3.8) is 0 Å². The Morgan fingerprint density at radius 2 is 1.93 bits per heavy atom. The lowest BCUT2D eigenvalue weighted by atomic mass is 9.98. The number of piperidine rings is 1. The van der Waals surface area contributed by atoms with Gasteiger partial charge < -0.3 is 16.8 Å². The number of hydrogen-bond acceptors (Lipinski definition) is 7. The third-order valence-corrected chi connectivity index (χ3v) is 5.67. The molecule has 1 saturated heterocycles. The summed E-state index contributed by atoms with van der Waals surface area (Å²) in [7, 11) is 0. The molecule has 3 aromatic rings. The van der Waals surface area contributed by atoms with E-state index >= 15 is 0 Å².